The minimum absolute atomic E-state index is 0.108. The summed E-state index contributed by atoms with van der Waals surface area (Å²) in [6, 6.07) is 20.8. The highest BCUT2D eigenvalue weighted by Gasteiger charge is 2.14. The lowest BCUT2D eigenvalue weighted by molar-refractivity contribution is 0.0912. The number of aromatic nitrogens is 1. The summed E-state index contributed by atoms with van der Waals surface area (Å²) >= 11 is 1.42. The van der Waals surface area contributed by atoms with Gasteiger partial charge in [-0.15, -0.1) is 11.3 Å². The molecule has 0 radical (unpaired) electrons. The number of nitrogens with one attached hydrogen (secondary N) is 1. The second-order valence-electron chi connectivity index (χ2n) is 6.23. The van der Waals surface area contributed by atoms with Crippen molar-refractivity contribution in [3.8, 4) is 21.9 Å². The number of nitrogens with zero attached hydrogens (tertiary/aromatic N) is 1. The first-order chi connectivity index (χ1) is 13.7. The number of thiazole rings is 1. The van der Waals surface area contributed by atoms with Crippen LogP contribution in [0.5, 0.6) is 0 Å². The van der Waals surface area contributed by atoms with E-state index in [-0.39, 0.29) is 12.5 Å². The number of hydrogen-bond acceptors (Lipinski definition) is 5. The Morgan fingerprint density at radius 1 is 1.04 bits per heavy atom. The van der Waals surface area contributed by atoms with E-state index in [1.54, 1.807) is 11.6 Å². The molecule has 1 amide bonds. The normalized spacial score (nSPS) is 11.9. The molecular weight excluding hydrogens is 372 g/mol. The fourth-order valence-corrected chi connectivity index (χ4v) is 3.61. The van der Waals surface area contributed by atoms with E-state index in [1.807, 2.05) is 66.7 Å². The number of amides is 1. The maximum atomic E-state index is 12.3. The number of carbonyl (C=O) groups excluding carboxylic acids is 1. The Bertz CT molecular complexity index is 1040. The summed E-state index contributed by atoms with van der Waals surface area (Å²) in [6.45, 7) is 0.108. The molecular formula is C22H18N2O3S. The van der Waals surface area contributed by atoms with Gasteiger partial charge in [-0.2, -0.15) is 0 Å². The van der Waals surface area contributed by atoms with Crippen molar-refractivity contribution in [3.63, 3.8) is 0 Å². The first-order valence-corrected chi connectivity index (χ1v) is 9.70. The summed E-state index contributed by atoms with van der Waals surface area (Å²) in [5, 5.41) is 15.6. The van der Waals surface area contributed by atoms with Crippen LogP contribution in [0.1, 0.15) is 22.2 Å². The molecule has 2 heterocycles. The molecule has 1 unspecified atom stereocenters. The first-order valence-electron chi connectivity index (χ1n) is 8.82. The number of carbonyl (C=O) groups is 1. The third-order valence-corrected chi connectivity index (χ3v) is 5.21. The van der Waals surface area contributed by atoms with E-state index in [4.69, 9.17) is 4.42 Å². The number of aliphatic hydroxyl groups excluding tert-OH is 1. The molecule has 0 aliphatic rings. The minimum atomic E-state index is -0.804. The fraction of sp³-hybridized carbons (Fsp3) is 0.0909. The van der Waals surface area contributed by atoms with Gasteiger partial charge in [0.25, 0.3) is 5.91 Å². The summed E-state index contributed by atoms with van der Waals surface area (Å²) in [4.78, 5) is 16.7. The van der Waals surface area contributed by atoms with Crippen molar-refractivity contribution in [2.45, 2.75) is 6.10 Å². The Morgan fingerprint density at radius 2 is 1.82 bits per heavy atom. The number of rotatable bonds is 6. The van der Waals surface area contributed by atoms with Gasteiger partial charge in [0.15, 0.2) is 0 Å². The average Bonchev–Trinajstić information content (AvgIpc) is 3.45. The van der Waals surface area contributed by atoms with E-state index in [1.165, 1.54) is 11.3 Å². The molecule has 0 saturated heterocycles. The van der Waals surface area contributed by atoms with Crippen molar-refractivity contribution in [2.24, 2.45) is 0 Å². The summed E-state index contributed by atoms with van der Waals surface area (Å²) in [5.74, 6) is 0.469. The van der Waals surface area contributed by atoms with Gasteiger partial charge >= 0.3 is 0 Å². The van der Waals surface area contributed by atoms with Gasteiger partial charge in [-0.25, -0.2) is 4.98 Å². The third kappa shape index (κ3) is 4.03. The summed E-state index contributed by atoms with van der Waals surface area (Å²) < 4.78 is 5.36. The Hall–Kier alpha value is -3.22. The van der Waals surface area contributed by atoms with Crippen molar-refractivity contribution < 1.29 is 14.3 Å². The van der Waals surface area contributed by atoms with Crippen LogP contribution in [0.3, 0.4) is 0 Å². The molecule has 0 aliphatic carbocycles. The van der Waals surface area contributed by atoms with Gasteiger partial charge < -0.3 is 14.8 Å². The van der Waals surface area contributed by atoms with Crippen LogP contribution in [0.2, 0.25) is 0 Å². The van der Waals surface area contributed by atoms with Gasteiger partial charge in [0, 0.05) is 23.1 Å². The summed E-state index contributed by atoms with van der Waals surface area (Å²) in [5.41, 5.74) is 2.98. The first kappa shape index (κ1) is 18.2. The van der Waals surface area contributed by atoms with Crippen LogP contribution in [0, 0.1) is 0 Å². The number of hydrogen-bond donors (Lipinski definition) is 2. The van der Waals surface area contributed by atoms with E-state index in [0.29, 0.717) is 5.69 Å². The average molecular weight is 390 g/mol. The van der Waals surface area contributed by atoms with Gasteiger partial charge in [-0.05, 0) is 17.7 Å². The van der Waals surface area contributed by atoms with Gasteiger partial charge in [-0.1, -0.05) is 54.6 Å². The van der Waals surface area contributed by atoms with E-state index in [0.717, 1.165) is 27.5 Å². The van der Waals surface area contributed by atoms with Crippen LogP contribution in [0.25, 0.3) is 21.9 Å². The topological polar surface area (TPSA) is 75.4 Å². The van der Waals surface area contributed by atoms with Crippen molar-refractivity contribution in [1.29, 1.82) is 0 Å². The van der Waals surface area contributed by atoms with E-state index >= 15 is 0 Å². The monoisotopic (exact) mass is 390 g/mol. The van der Waals surface area contributed by atoms with E-state index < -0.39 is 6.10 Å². The molecule has 4 aromatic rings. The van der Waals surface area contributed by atoms with Gasteiger partial charge in [-0.3, -0.25) is 4.79 Å². The molecule has 0 spiro atoms. The van der Waals surface area contributed by atoms with Crippen molar-refractivity contribution in [2.75, 3.05) is 6.54 Å². The predicted octanol–water partition coefficient (Wildman–Crippen LogP) is 4.53. The molecule has 28 heavy (non-hydrogen) atoms. The standard InChI is InChI=1S/C22H18N2O3S/c25-19(15-8-10-16(11-9-15)20-7-4-12-27-20)13-23-21(26)18-14-28-22(24-18)17-5-2-1-3-6-17/h1-12,14,19,25H,13H2,(H,23,26). The smallest absolute Gasteiger partial charge is 0.270 e. The van der Waals surface area contributed by atoms with Crippen LogP contribution < -0.4 is 5.32 Å². The van der Waals surface area contributed by atoms with Crippen molar-refractivity contribution in [3.05, 3.63) is 89.6 Å². The Balaban J connectivity index is 1.36. The lowest BCUT2D eigenvalue weighted by Crippen LogP contribution is -2.28. The second kappa shape index (κ2) is 8.21. The molecule has 5 nitrogen and oxygen atoms in total. The highest BCUT2D eigenvalue weighted by atomic mass is 32.1. The van der Waals surface area contributed by atoms with Crippen LogP contribution in [-0.2, 0) is 0 Å². The Kier molecular flexibility index (Phi) is 5.32. The molecule has 6 heteroatoms. The molecule has 1 atom stereocenters. The second-order valence-corrected chi connectivity index (χ2v) is 7.09. The zero-order chi connectivity index (χ0) is 19.3. The van der Waals surface area contributed by atoms with E-state index in [2.05, 4.69) is 10.3 Å². The molecule has 0 fully saturated rings. The van der Waals surface area contributed by atoms with Crippen molar-refractivity contribution >= 4 is 17.2 Å². The SMILES string of the molecule is O=C(NCC(O)c1ccc(-c2ccco2)cc1)c1csc(-c2ccccc2)n1. The third-order valence-electron chi connectivity index (χ3n) is 4.31. The molecule has 2 N–H and O–H groups in total. The molecule has 4 rings (SSSR count). The molecule has 0 aliphatic heterocycles. The minimum Gasteiger partial charge on any atom is -0.464 e. The van der Waals surface area contributed by atoms with Gasteiger partial charge in [0.2, 0.25) is 0 Å². The van der Waals surface area contributed by atoms with Crippen LogP contribution >= 0.6 is 11.3 Å². The number of furan rings is 1. The quantitative estimate of drug-likeness (QED) is 0.507. The molecule has 140 valence electrons. The Morgan fingerprint density at radius 3 is 2.54 bits per heavy atom. The lowest BCUT2D eigenvalue weighted by atomic mass is 10.1. The van der Waals surface area contributed by atoms with Gasteiger partial charge in [0.05, 0.1) is 12.4 Å². The predicted molar refractivity (Wildman–Crippen MR) is 109 cm³/mol. The van der Waals surface area contributed by atoms with Crippen LogP contribution in [0.15, 0.2) is 82.8 Å². The van der Waals surface area contributed by atoms with E-state index in [9.17, 15) is 9.90 Å². The maximum Gasteiger partial charge on any atom is 0.270 e. The number of aliphatic hydroxyl groups is 1. The van der Waals surface area contributed by atoms with Crippen molar-refractivity contribution in [1.82, 2.24) is 10.3 Å². The molecule has 2 aromatic carbocycles. The summed E-state index contributed by atoms with van der Waals surface area (Å²) in [6.07, 6.45) is 0.816. The van der Waals surface area contributed by atoms with Gasteiger partial charge in [0.1, 0.15) is 16.5 Å². The highest BCUT2D eigenvalue weighted by molar-refractivity contribution is 7.13. The maximum absolute atomic E-state index is 12.3. The number of benzene rings is 2. The molecule has 0 bridgehead atoms. The molecule has 2 aromatic heterocycles. The van der Waals surface area contributed by atoms with Crippen LogP contribution in [-0.4, -0.2) is 22.5 Å². The fourth-order valence-electron chi connectivity index (χ4n) is 2.80. The zero-order valence-electron chi connectivity index (χ0n) is 14.9. The molecule has 0 saturated carbocycles. The largest absolute Gasteiger partial charge is 0.464 e. The summed E-state index contributed by atoms with van der Waals surface area (Å²) in [7, 11) is 0. The highest BCUT2D eigenvalue weighted by Crippen LogP contribution is 2.24. The Labute approximate surface area is 166 Å². The zero-order valence-corrected chi connectivity index (χ0v) is 15.7. The lowest BCUT2D eigenvalue weighted by Gasteiger charge is -2.12. The van der Waals surface area contributed by atoms with Crippen LogP contribution in [0.4, 0.5) is 0 Å².